The van der Waals surface area contributed by atoms with Crippen molar-refractivity contribution in [3.8, 4) is 0 Å². The largest absolute Gasteiger partial charge is 0.326 e. The van der Waals surface area contributed by atoms with E-state index >= 15 is 0 Å². The SMILES string of the molecule is CC(=O)Nc1ccc(S(=O)(=O)NC(c2ccc(F)cc2)C(C)C)cc1. The van der Waals surface area contributed by atoms with Gasteiger partial charge >= 0.3 is 0 Å². The van der Waals surface area contributed by atoms with Crippen molar-refractivity contribution in [3.05, 3.63) is 59.9 Å². The van der Waals surface area contributed by atoms with Crippen molar-refractivity contribution >= 4 is 21.6 Å². The summed E-state index contributed by atoms with van der Waals surface area (Å²) in [6.45, 7) is 5.15. The molecule has 2 aromatic rings. The van der Waals surface area contributed by atoms with Crippen molar-refractivity contribution in [3.63, 3.8) is 0 Å². The molecular formula is C18H21FN2O3S. The van der Waals surface area contributed by atoms with Crippen LogP contribution in [0.25, 0.3) is 0 Å². The maximum atomic E-state index is 13.1. The monoisotopic (exact) mass is 364 g/mol. The molecule has 2 aromatic carbocycles. The van der Waals surface area contributed by atoms with E-state index in [0.717, 1.165) is 0 Å². The third kappa shape index (κ3) is 5.11. The van der Waals surface area contributed by atoms with E-state index in [1.807, 2.05) is 13.8 Å². The molecule has 0 saturated heterocycles. The molecule has 0 fully saturated rings. The number of carbonyl (C=O) groups is 1. The summed E-state index contributed by atoms with van der Waals surface area (Å²) in [4.78, 5) is 11.1. The molecular weight excluding hydrogens is 343 g/mol. The minimum absolute atomic E-state index is 0.0288. The van der Waals surface area contributed by atoms with Gasteiger partial charge in [0.2, 0.25) is 15.9 Å². The van der Waals surface area contributed by atoms with E-state index in [-0.39, 0.29) is 22.5 Å². The molecule has 25 heavy (non-hydrogen) atoms. The topological polar surface area (TPSA) is 75.3 Å². The Balaban J connectivity index is 2.25. The van der Waals surface area contributed by atoms with Gasteiger partial charge in [0.25, 0.3) is 0 Å². The molecule has 2 N–H and O–H groups in total. The fraction of sp³-hybridized carbons (Fsp3) is 0.278. The zero-order valence-corrected chi connectivity index (χ0v) is 15.1. The van der Waals surface area contributed by atoms with Crippen LogP contribution in [-0.2, 0) is 14.8 Å². The third-order valence-electron chi connectivity index (χ3n) is 3.66. The first-order valence-electron chi connectivity index (χ1n) is 7.84. The lowest BCUT2D eigenvalue weighted by Crippen LogP contribution is -2.31. The van der Waals surface area contributed by atoms with Crippen LogP contribution in [0, 0.1) is 11.7 Å². The molecule has 0 bridgehead atoms. The third-order valence-corrected chi connectivity index (χ3v) is 5.12. The van der Waals surface area contributed by atoms with Crippen LogP contribution >= 0.6 is 0 Å². The average molecular weight is 364 g/mol. The lowest BCUT2D eigenvalue weighted by Gasteiger charge is -2.23. The van der Waals surface area contributed by atoms with Crippen molar-refractivity contribution < 1.29 is 17.6 Å². The number of hydrogen-bond donors (Lipinski definition) is 2. The first-order chi connectivity index (χ1) is 11.7. The van der Waals surface area contributed by atoms with E-state index in [1.165, 1.54) is 43.3 Å². The smallest absolute Gasteiger partial charge is 0.241 e. The number of rotatable bonds is 6. The highest BCUT2D eigenvalue weighted by molar-refractivity contribution is 7.89. The first kappa shape index (κ1) is 19.1. The van der Waals surface area contributed by atoms with Gasteiger partial charge in [0, 0.05) is 18.7 Å². The van der Waals surface area contributed by atoms with E-state index in [9.17, 15) is 17.6 Å². The zero-order chi connectivity index (χ0) is 18.6. The number of anilines is 1. The summed E-state index contributed by atoms with van der Waals surface area (Å²) in [5.74, 6) is -0.633. The maximum Gasteiger partial charge on any atom is 0.241 e. The maximum absolute atomic E-state index is 13.1. The minimum atomic E-state index is -3.76. The summed E-state index contributed by atoms with van der Waals surface area (Å²) in [6, 6.07) is 11.2. The molecule has 7 heteroatoms. The Bertz CT molecular complexity index is 832. The lowest BCUT2D eigenvalue weighted by molar-refractivity contribution is -0.114. The number of hydrogen-bond acceptors (Lipinski definition) is 3. The second-order valence-electron chi connectivity index (χ2n) is 6.10. The molecule has 0 aliphatic carbocycles. The Morgan fingerprint density at radius 3 is 2.04 bits per heavy atom. The second-order valence-corrected chi connectivity index (χ2v) is 7.81. The van der Waals surface area contributed by atoms with Crippen molar-refractivity contribution in [2.45, 2.75) is 31.7 Å². The summed E-state index contributed by atoms with van der Waals surface area (Å²) in [6.07, 6.45) is 0. The Labute approximate surface area is 147 Å². The van der Waals surface area contributed by atoms with Crippen molar-refractivity contribution in [1.29, 1.82) is 0 Å². The van der Waals surface area contributed by atoms with Crippen LogP contribution < -0.4 is 10.0 Å². The Morgan fingerprint density at radius 1 is 1.00 bits per heavy atom. The number of halogens is 1. The van der Waals surface area contributed by atoms with Gasteiger partial charge in [-0.3, -0.25) is 4.79 Å². The summed E-state index contributed by atoms with van der Waals surface area (Å²) in [5.41, 5.74) is 1.21. The van der Waals surface area contributed by atoms with Gasteiger partial charge in [0.15, 0.2) is 0 Å². The highest BCUT2D eigenvalue weighted by Crippen LogP contribution is 2.25. The standard InChI is InChI=1S/C18H21FN2O3S/c1-12(2)18(14-4-6-15(19)7-5-14)21-25(23,24)17-10-8-16(9-11-17)20-13(3)22/h4-12,18,21H,1-3H3,(H,20,22). The first-order valence-corrected chi connectivity index (χ1v) is 9.33. The van der Waals surface area contributed by atoms with Crippen molar-refractivity contribution in [2.24, 2.45) is 5.92 Å². The molecule has 1 atom stereocenters. The fourth-order valence-corrected chi connectivity index (χ4v) is 3.79. The van der Waals surface area contributed by atoms with Crippen LogP contribution in [0.3, 0.4) is 0 Å². The zero-order valence-electron chi connectivity index (χ0n) is 14.3. The highest BCUT2D eigenvalue weighted by Gasteiger charge is 2.24. The average Bonchev–Trinajstić information content (AvgIpc) is 2.53. The predicted octanol–water partition coefficient (Wildman–Crippen LogP) is 3.46. The van der Waals surface area contributed by atoms with Gasteiger partial charge in [-0.05, 0) is 47.9 Å². The van der Waals surface area contributed by atoms with Crippen molar-refractivity contribution in [1.82, 2.24) is 4.72 Å². The molecule has 0 aromatic heterocycles. The van der Waals surface area contributed by atoms with Crippen LogP contribution in [0.15, 0.2) is 53.4 Å². The fourth-order valence-electron chi connectivity index (χ4n) is 2.42. The van der Waals surface area contributed by atoms with Crippen LogP contribution in [0.1, 0.15) is 32.4 Å². The summed E-state index contributed by atoms with van der Waals surface area (Å²) in [5, 5.41) is 2.58. The molecule has 1 unspecified atom stereocenters. The number of amides is 1. The normalized spacial score (nSPS) is 12.8. The lowest BCUT2D eigenvalue weighted by atomic mass is 9.97. The molecule has 0 radical (unpaired) electrons. The van der Waals surface area contributed by atoms with Crippen LogP contribution in [0.5, 0.6) is 0 Å². The minimum Gasteiger partial charge on any atom is -0.326 e. The summed E-state index contributed by atoms with van der Waals surface area (Å²) in [7, 11) is -3.76. The molecule has 2 rings (SSSR count). The molecule has 1 amide bonds. The number of carbonyl (C=O) groups excluding carboxylic acids is 1. The predicted molar refractivity (Wildman–Crippen MR) is 95.0 cm³/mol. The number of nitrogens with one attached hydrogen (secondary N) is 2. The van der Waals surface area contributed by atoms with Gasteiger partial charge < -0.3 is 5.32 Å². The van der Waals surface area contributed by atoms with Crippen LogP contribution in [0.2, 0.25) is 0 Å². The second kappa shape index (κ2) is 7.76. The van der Waals surface area contributed by atoms with Crippen LogP contribution in [0.4, 0.5) is 10.1 Å². The summed E-state index contributed by atoms with van der Waals surface area (Å²) < 4.78 is 41.1. The van der Waals surface area contributed by atoms with Crippen molar-refractivity contribution in [2.75, 3.05) is 5.32 Å². The van der Waals surface area contributed by atoms with E-state index in [4.69, 9.17) is 0 Å². The molecule has 5 nitrogen and oxygen atoms in total. The highest BCUT2D eigenvalue weighted by atomic mass is 32.2. The van der Waals surface area contributed by atoms with E-state index in [0.29, 0.717) is 11.3 Å². The van der Waals surface area contributed by atoms with Gasteiger partial charge in [-0.1, -0.05) is 26.0 Å². The van der Waals surface area contributed by atoms with Crippen LogP contribution in [-0.4, -0.2) is 14.3 Å². The summed E-state index contributed by atoms with van der Waals surface area (Å²) >= 11 is 0. The molecule has 0 aliphatic heterocycles. The molecule has 0 heterocycles. The number of sulfonamides is 1. The van der Waals surface area contributed by atoms with E-state index in [1.54, 1.807) is 12.1 Å². The van der Waals surface area contributed by atoms with Gasteiger partial charge in [0.05, 0.1) is 4.90 Å². The number of benzene rings is 2. The van der Waals surface area contributed by atoms with Gasteiger partial charge in [-0.15, -0.1) is 0 Å². The Morgan fingerprint density at radius 2 is 1.56 bits per heavy atom. The van der Waals surface area contributed by atoms with Gasteiger partial charge in [-0.25, -0.2) is 17.5 Å². The molecule has 0 saturated carbocycles. The quantitative estimate of drug-likeness (QED) is 0.824. The Hall–Kier alpha value is -2.25. The van der Waals surface area contributed by atoms with E-state index < -0.39 is 16.1 Å². The molecule has 134 valence electrons. The Kier molecular flexibility index (Phi) is 5.92. The van der Waals surface area contributed by atoms with Gasteiger partial charge in [-0.2, -0.15) is 0 Å². The van der Waals surface area contributed by atoms with E-state index in [2.05, 4.69) is 10.0 Å². The molecule has 0 aliphatic rings. The van der Waals surface area contributed by atoms with Gasteiger partial charge in [0.1, 0.15) is 5.82 Å². The molecule has 0 spiro atoms.